The molecule has 1 aliphatic heterocycles. The Balaban J connectivity index is 2.03. The van der Waals surface area contributed by atoms with Crippen LogP contribution in [0.1, 0.15) is 66.7 Å². The van der Waals surface area contributed by atoms with Crippen molar-refractivity contribution < 1.29 is 0 Å². The molecule has 0 aromatic heterocycles. The summed E-state index contributed by atoms with van der Waals surface area (Å²) in [5.74, 6) is 0.906. The number of nitrogens with zero attached hydrogens (tertiary/aromatic N) is 1. The topological polar surface area (TPSA) is 15.3 Å². The van der Waals surface area contributed by atoms with Crippen molar-refractivity contribution in [1.82, 2.24) is 10.2 Å². The zero-order valence-corrected chi connectivity index (χ0v) is 13.3. The number of hydrogen-bond donors (Lipinski definition) is 1. The number of hydrogen-bond acceptors (Lipinski definition) is 2. The number of unbranched alkanes of at least 4 members (excludes halogenated alkanes) is 2. The van der Waals surface area contributed by atoms with Gasteiger partial charge in [0.15, 0.2) is 0 Å². The van der Waals surface area contributed by atoms with Gasteiger partial charge in [0.25, 0.3) is 0 Å². The fourth-order valence-electron chi connectivity index (χ4n) is 2.77. The van der Waals surface area contributed by atoms with E-state index in [9.17, 15) is 0 Å². The average molecular weight is 254 g/mol. The molecule has 1 rings (SSSR count). The van der Waals surface area contributed by atoms with Crippen LogP contribution in [0.25, 0.3) is 0 Å². The fraction of sp³-hybridized carbons (Fsp3) is 1.00. The summed E-state index contributed by atoms with van der Waals surface area (Å²) in [6.07, 6.45) is 6.86. The summed E-state index contributed by atoms with van der Waals surface area (Å²) >= 11 is 0. The van der Waals surface area contributed by atoms with Gasteiger partial charge in [0.1, 0.15) is 0 Å². The van der Waals surface area contributed by atoms with Gasteiger partial charge in [-0.15, -0.1) is 0 Å². The molecule has 0 aromatic carbocycles. The second kappa shape index (κ2) is 7.49. The van der Waals surface area contributed by atoms with E-state index in [0.717, 1.165) is 18.5 Å². The largest absolute Gasteiger partial charge is 0.312 e. The molecule has 2 unspecified atom stereocenters. The van der Waals surface area contributed by atoms with Crippen LogP contribution in [0.5, 0.6) is 0 Å². The van der Waals surface area contributed by atoms with Crippen molar-refractivity contribution in [2.75, 3.05) is 19.6 Å². The second-order valence-electron chi connectivity index (χ2n) is 7.26. The third kappa shape index (κ3) is 6.75. The Labute approximate surface area is 115 Å². The van der Waals surface area contributed by atoms with E-state index in [1.807, 2.05) is 0 Å². The molecule has 0 bridgehead atoms. The van der Waals surface area contributed by atoms with Gasteiger partial charge in [-0.25, -0.2) is 0 Å². The van der Waals surface area contributed by atoms with Crippen LogP contribution in [0.15, 0.2) is 0 Å². The van der Waals surface area contributed by atoms with Gasteiger partial charge in [-0.05, 0) is 72.4 Å². The quantitative estimate of drug-likeness (QED) is 0.728. The highest BCUT2D eigenvalue weighted by molar-refractivity contribution is 4.76. The highest BCUT2D eigenvalue weighted by Gasteiger charge is 2.21. The molecule has 0 radical (unpaired) electrons. The Hall–Kier alpha value is -0.0800. The maximum absolute atomic E-state index is 3.56. The molecule has 0 aliphatic carbocycles. The zero-order valence-electron chi connectivity index (χ0n) is 13.3. The molecule has 0 spiro atoms. The minimum atomic E-state index is 0.275. The van der Waals surface area contributed by atoms with Crippen LogP contribution in [-0.2, 0) is 0 Å². The summed E-state index contributed by atoms with van der Waals surface area (Å²) < 4.78 is 0. The molecule has 2 atom stereocenters. The van der Waals surface area contributed by atoms with Crippen molar-refractivity contribution in [2.24, 2.45) is 5.92 Å². The van der Waals surface area contributed by atoms with E-state index in [-0.39, 0.29) is 5.54 Å². The molecule has 1 fully saturated rings. The molecule has 0 amide bonds. The van der Waals surface area contributed by atoms with E-state index in [1.165, 1.54) is 45.2 Å². The highest BCUT2D eigenvalue weighted by atomic mass is 15.2. The van der Waals surface area contributed by atoms with Crippen LogP contribution in [0.4, 0.5) is 0 Å². The summed E-state index contributed by atoms with van der Waals surface area (Å²) in [7, 11) is 0. The first-order chi connectivity index (χ1) is 8.38. The van der Waals surface area contributed by atoms with E-state index in [1.54, 1.807) is 0 Å². The average Bonchev–Trinajstić information content (AvgIpc) is 2.26. The van der Waals surface area contributed by atoms with Gasteiger partial charge in [-0.2, -0.15) is 0 Å². The van der Waals surface area contributed by atoms with E-state index >= 15 is 0 Å². The van der Waals surface area contributed by atoms with Crippen LogP contribution in [0.2, 0.25) is 0 Å². The van der Waals surface area contributed by atoms with Crippen molar-refractivity contribution in [3.8, 4) is 0 Å². The lowest BCUT2D eigenvalue weighted by Gasteiger charge is -2.36. The summed E-state index contributed by atoms with van der Waals surface area (Å²) in [6, 6.07) is 0.814. The van der Waals surface area contributed by atoms with E-state index in [4.69, 9.17) is 0 Å². The van der Waals surface area contributed by atoms with Crippen LogP contribution in [0, 0.1) is 5.92 Å². The normalized spacial score (nSPS) is 26.5. The minimum absolute atomic E-state index is 0.275. The number of likely N-dealkylation sites (tertiary alicyclic amines) is 1. The summed E-state index contributed by atoms with van der Waals surface area (Å²) in [5.41, 5.74) is 0.275. The van der Waals surface area contributed by atoms with Gasteiger partial charge in [0.05, 0.1) is 0 Å². The molecule has 1 aliphatic rings. The molecule has 1 N–H and O–H groups in total. The summed E-state index contributed by atoms with van der Waals surface area (Å²) in [5, 5.41) is 3.56. The second-order valence-corrected chi connectivity index (χ2v) is 7.26. The number of rotatable bonds is 6. The van der Waals surface area contributed by atoms with Crippen molar-refractivity contribution >= 4 is 0 Å². The van der Waals surface area contributed by atoms with E-state index in [0.29, 0.717) is 0 Å². The van der Waals surface area contributed by atoms with E-state index < -0.39 is 0 Å². The molecule has 0 aromatic rings. The van der Waals surface area contributed by atoms with Crippen LogP contribution < -0.4 is 5.32 Å². The molecule has 2 nitrogen and oxygen atoms in total. The summed E-state index contributed by atoms with van der Waals surface area (Å²) in [4.78, 5) is 2.70. The Kier molecular flexibility index (Phi) is 6.65. The lowest BCUT2D eigenvalue weighted by Crippen LogP contribution is -2.41. The van der Waals surface area contributed by atoms with Gasteiger partial charge in [0, 0.05) is 18.1 Å². The maximum Gasteiger partial charge on any atom is 0.00965 e. The molecular weight excluding hydrogens is 220 g/mol. The van der Waals surface area contributed by atoms with Gasteiger partial charge in [-0.1, -0.05) is 13.3 Å². The number of piperidine rings is 1. The van der Waals surface area contributed by atoms with E-state index in [2.05, 4.69) is 44.8 Å². The monoisotopic (exact) mass is 254 g/mol. The Bertz CT molecular complexity index is 220. The highest BCUT2D eigenvalue weighted by Crippen LogP contribution is 2.21. The standard InChI is InChI=1S/C16H34N2/c1-14-9-10-15(2)18(13-14)12-8-6-7-11-17-16(3,4)5/h14-15,17H,6-13H2,1-5H3. The lowest BCUT2D eigenvalue weighted by atomic mass is 9.95. The van der Waals surface area contributed by atoms with Crippen LogP contribution in [-0.4, -0.2) is 36.1 Å². The molecule has 1 saturated heterocycles. The molecule has 18 heavy (non-hydrogen) atoms. The SMILES string of the molecule is CC1CCC(C)N(CCCCCNC(C)(C)C)C1. The molecule has 108 valence electrons. The molecule has 2 heteroatoms. The van der Waals surface area contributed by atoms with Crippen molar-refractivity contribution in [3.63, 3.8) is 0 Å². The zero-order chi connectivity index (χ0) is 13.6. The van der Waals surface area contributed by atoms with Crippen LogP contribution in [0.3, 0.4) is 0 Å². The first-order valence-corrected chi connectivity index (χ1v) is 7.87. The van der Waals surface area contributed by atoms with Crippen molar-refractivity contribution in [3.05, 3.63) is 0 Å². The molecule has 1 heterocycles. The Morgan fingerprint density at radius 2 is 1.78 bits per heavy atom. The molecular formula is C16H34N2. The third-order valence-electron chi connectivity index (χ3n) is 4.02. The third-order valence-corrected chi connectivity index (χ3v) is 4.02. The summed E-state index contributed by atoms with van der Waals surface area (Å²) in [6.45, 7) is 15.3. The van der Waals surface area contributed by atoms with Crippen LogP contribution >= 0.6 is 0 Å². The Morgan fingerprint density at radius 3 is 2.44 bits per heavy atom. The van der Waals surface area contributed by atoms with Gasteiger partial charge in [0.2, 0.25) is 0 Å². The first kappa shape index (κ1) is 16.0. The fourth-order valence-corrected chi connectivity index (χ4v) is 2.77. The van der Waals surface area contributed by atoms with Gasteiger partial charge >= 0.3 is 0 Å². The van der Waals surface area contributed by atoms with Crippen molar-refractivity contribution in [1.29, 1.82) is 0 Å². The predicted octanol–water partition coefficient (Wildman–Crippen LogP) is 3.67. The number of nitrogens with one attached hydrogen (secondary N) is 1. The van der Waals surface area contributed by atoms with Crippen molar-refractivity contribution in [2.45, 2.75) is 78.3 Å². The Morgan fingerprint density at radius 1 is 1.06 bits per heavy atom. The lowest BCUT2D eigenvalue weighted by molar-refractivity contribution is 0.122. The van der Waals surface area contributed by atoms with Gasteiger partial charge in [-0.3, -0.25) is 0 Å². The predicted molar refractivity (Wildman–Crippen MR) is 81.0 cm³/mol. The smallest absolute Gasteiger partial charge is 0.00965 e. The first-order valence-electron chi connectivity index (χ1n) is 7.87. The maximum atomic E-state index is 3.56. The van der Waals surface area contributed by atoms with Gasteiger partial charge < -0.3 is 10.2 Å². The molecule has 0 saturated carbocycles. The minimum Gasteiger partial charge on any atom is -0.312 e.